The van der Waals surface area contributed by atoms with Gasteiger partial charge in [-0.1, -0.05) is 0 Å². The van der Waals surface area contributed by atoms with Crippen LogP contribution in [-0.4, -0.2) is 44.3 Å². The molecule has 1 aliphatic heterocycles. The quantitative estimate of drug-likeness (QED) is 0.830. The molecule has 2 aromatic rings. The summed E-state index contributed by atoms with van der Waals surface area (Å²) in [6.07, 6.45) is 1.10. The second kappa shape index (κ2) is 5.82. The Balaban J connectivity index is 1.72. The molecule has 23 heavy (non-hydrogen) atoms. The van der Waals surface area contributed by atoms with Gasteiger partial charge < -0.3 is 9.32 Å². The fourth-order valence-corrected chi connectivity index (χ4v) is 3.71. The first-order chi connectivity index (χ1) is 10.8. The average Bonchev–Trinajstić information content (AvgIpc) is 2.87. The lowest BCUT2D eigenvalue weighted by Gasteiger charge is -2.28. The van der Waals surface area contributed by atoms with Crippen molar-refractivity contribution >= 4 is 27.0 Å². The minimum absolute atomic E-state index is 0.0117. The number of fused-ring (bicyclic) bond motifs is 1. The number of amides is 1. The van der Waals surface area contributed by atoms with Gasteiger partial charge in [0.1, 0.15) is 0 Å². The number of nitrogens with zero attached hydrogens (tertiary/aromatic N) is 1. The van der Waals surface area contributed by atoms with Gasteiger partial charge in [0.2, 0.25) is 15.9 Å². The van der Waals surface area contributed by atoms with Gasteiger partial charge in [0, 0.05) is 32.6 Å². The van der Waals surface area contributed by atoms with Crippen molar-refractivity contribution in [2.75, 3.05) is 20.1 Å². The Labute approximate surface area is 132 Å². The predicted octanol–water partition coefficient (Wildman–Crippen LogP) is 0.268. The van der Waals surface area contributed by atoms with E-state index in [1.165, 1.54) is 18.2 Å². The van der Waals surface area contributed by atoms with Crippen molar-refractivity contribution in [3.63, 3.8) is 0 Å². The van der Waals surface area contributed by atoms with E-state index >= 15 is 0 Å². The standard InChI is InChI=1S/C14H17N3O5S/c1-17-5-4-9(6-13(17)18)8-15-23(20,21)10-2-3-11-12(7-10)22-14(19)16-11/h2-3,7,9,15H,4-6,8H2,1H3,(H,16,19). The summed E-state index contributed by atoms with van der Waals surface area (Å²) >= 11 is 0. The number of sulfonamides is 1. The molecular formula is C14H17N3O5S. The van der Waals surface area contributed by atoms with Crippen LogP contribution in [0.3, 0.4) is 0 Å². The number of nitrogens with one attached hydrogen (secondary N) is 2. The van der Waals surface area contributed by atoms with E-state index in [4.69, 9.17) is 4.42 Å². The summed E-state index contributed by atoms with van der Waals surface area (Å²) in [7, 11) is -1.99. The van der Waals surface area contributed by atoms with Crippen molar-refractivity contribution in [1.82, 2.24) is 14.6 Å². The topological polar surface area (TPSA) is 112 Å². The lowest BCUT2D eigenvalue weighted by molar-refractivity contribution is -0.133. The molecule has 1 aromatic carbocycles. The molecule has 0 spiro atoms. The molecule has 1 aromatic heterocycles. The smallest absolute Gasteiger partial charge is 0.408 e. The molecular weight excluding hydrogens is 322 g/mol. The zero-order valence-electron chi connectivity index (χ0n) is 12.5. The van der Waals surface area contributed by atoms with E-state index in [1.54, 1.807) is 11.9 Å². The van der Waals surface area contributed by atoms with Gasteiger partial charge in [-0.15, -0.1) is 0 Å². The summed E-state index contributed by atoms with van der Waals surface area (Å²) in [5.41, 5.74) is 0.627. The van der Waals surface area contributed by atoms with Crippen LogP contribution in [0.5, 0.6) is 0 Å². The van der Waals surface area contributed by atoms with Gasteiger partial charge >= 0.3 is 5.76 Å². The molecule has 1 amide bonds. The molecule has 1 fully saturated rings. The van der Waals surface area contributed by atoms with Crippen LogP contribution in [0.2, 0.25) is 0 Å². The Morgan fingerprint density at radius 1 is 1.39 bits per heavy atom. The van der Waals surface area contributed by atoms with Gasteiger partial charge in [0.25, 0.3) is 0 Å². The van der Waals surface area contributed by atoms with Crippen LogP contribution in [0.1, 0.15) is 12.8 Å². The monoisotopic (exact) mass is 339 g/mol. The molecule has 3 rings (SSSR count). The van der Waals surface area contributed by atoms with Crippen LogP contribution >= 0.6 is 0 Å². The van der Waals surface area contributed by atoms with Crippen LogP contribution in [0.25, 0.3) is 11.1 Å². The number of carbonyl (C=O) groups excluding carboxylic acids is 1. The predicted molar refractivity (Wildman–Crippen MR) is 82.4 cm³/mol. The number of benzene rings is 1. The van der Waals surface area contributed by atoms with Crippen LogP contribution in [-0.2, 0) is 14.8 Å². The number of hydrogen-bond acceptors (Lipinski definition) is 5. The highest BCUT2D eigenvalue weighted by Gasteiger charge is 2.25. The second-order valence-corrected chi connectivity index (χ2v) is 7.47. The van der Waals surface area contributed by atoms with Crippen LogP contribution in [0.4, 0.5) is 0 Å². The second-order valence-electron chi connectivity index (χ2n) is 5.70. The molecule has 1 atom stereocenters. The van der Waals surface area contributed by atoms with Gasteiger partial charge in [-0.25, -0.2) is 17.9 Å². The molecule has 0 radical (unpaired) electrons. The first kappa shape index (κ1) is 15.8. The summed E-state index contributed by atoms with van der Waals surface area (Å²) in [5.74, 6) is -0.620. The number of aromatic amines is 1. The van der Waals surface area contributed by atoms with E-state index in [9.17, 15) is 18.0 Å². The van der Waals surface area contributed by atoms with E-state index in [0.717, 1.165) is 6.42 Å². The number of rotatable bonds is 4. The zero-order chi connectivity index (χ0) is 16.6. The number of piperidine rings is 1. The maximum Gasteiger partial charge on any atom is 0.417 e. The molecule has 8 nitrogen and oxygen atoms in total. The third-order valence-electron chi connectivity index (χ3n) is 4.03. The van der Waals surface area contributed by atoms with E-state index in [0.29, 0.717) is 18.5 Å². The minimum atomic E-state index is -3.72. The van der Waals surface area contributed by atoms with Crippen LogP contribution in [0, 0.1) is 5.92 Å². The Kier molecular flexibility index (Phi) is 3.99. The van der Waals surface area contributed by atoms with E-state index in [-0.39, 0.29) is 28.8 Å². The van der Waals surface area contributed by atoms with Gasteiger partial charge in [-0.2, -0.15) is 0 Å². The summed E-state index contributed by atoms with van der Waals surface area (Å²) in [4.78, 5) is 26.9. The van der Waals surface area contributed by atoms with Gasteiger partial charge in [-0.3, -0.25) is 9.78 Å². The summed E-state index contributed by atoms with van der Waals surface area (Å²) < 4.78 is 32.1. The summed E-state index contributed by atoms with van der Waals surface area (Å²) in [5, 5.41) is 0. The number of oxazole rings is 1. The van der Waals surface area contributed by atoms with Crippen molar-refractivity contribution in [1.29, 1.82) is 0 Å². The van der Waals surface area contributed by atoms with Crippen molar-refractivity contribution in [3.8, 4) is 0 Å². The molecule has 2 N–H and O–H groups in total. The van der Waals surface area contributed by atoms with Crippen molar-refractivity contribution < 1.29 is 17.6 Å². The van der Waals surface area contributed by atoms with Gasteiger partial charge in [0.05, 0.1) is 10.4 Å². The van der Waals surface area contributed by atoms with E-state index in [2.05, 4.69) is 9.71 Å². The number of hydrogen-bond donors (Lipinski definition) is 2. The van der Waals surface area contributed by atoms with Crippen LogP contribution < -0.4 is 10.5 Å². The fourth-order valence-electron chi connectivity index (χ4n) is 2.58. The highest BCUT2D eigenvalue weighted by atomic mass is 32.2. The maximum atomic E-state index is 12.3. The number of carbonyl (C=O) groups is 1. The molecule has 1 saturated heterocycles. The average molecular weight is 339 g/mol. The van der Waals surface area contributed by atoms with Crippen LogP contribution in [0.15, 0.2) is 32.3 Å². The zero-order valence-corrected chi connectivity index (χ0v) is 13.4. The molecule has 1 aliphatic rings. The largest absolute Gasteiger partial charge is 0.417 e. The lowest BCUT2D eigenvalue weighted by atomic mass is 9.97. The highest BCUT2D eigenvalue weighted by Crippen LogP contribution is 2.19. The fraction of sp³-hybridized carbons (Fsp3) is 0.429. The number of likely N-dealkylation sites (tertiary alicyclic amines) is 1. The normalized spacial score (nSPS) is 19.4. The summed E-state index contributed by atoms with van der Waals surface area (Å²) in [6.45, 7) is 0.836. The molecule has 124 valence electrons. The molecule has 0 bridgehead atoms. The Morgan fingerprint density at radius 2 is 2.17 bits per heavy atom. The number of aromatic nitrogens is 1. The minimum Gasteiger partial charge on any atom is -0.408 e. The first-order valence-corrected chi connectivity index (χ1v) is 8.70. The third kappa shape index (κ3) is 3.30. The van der Waals surface area contributed by atoms with Crippen molar-refractivity contribution in [2.24, 2.45) is 5.92 Å². The van der Waals surface area contributed by atoms with Crippen molar-refractivity contribution in [2.45, 2.75) is 17.7 Å². The molecule has 2 heterocycles. The van der Waals surface area contributed by atoms with Gasteiger partial charge in [-0.05, 0) is 24.5 Å². The summed E-state index contributed by atoms with van der Waals surface area (Å²) in [6, 6.07) is 4.18. The van der Waals surface area contributed by atoms with Crippen molar-refractivity contribution in [3.05, 3.63) is 28.7 Å². The SMILES string of the molecule is CN1CCC(CNS(=O)(=O)c2ccc3[nH]c(=O)oc3c2)CC1=O. The van der Waals surface area contributed by atoms with E-state index in [1.807, 2.05) is 0 Å². The molecule has 1 unspecified atom stereocenters. The Morgan fingerprint density at radius 3 is 2.91 bits per heavy atom. The Bertz CT molecular complexity index is 899. The molecule has 0 saturated carbocycles. The first-order valence-electron chi connectivity index (χ1n) is 7.22. The molecule has 0 aliphatic carbocycles. The number of H-pyrrole nitrogens is 1. The third-order valence-corrected chi connectivity index (χ3v) is 5.45. The van der Waals surface area contributed by atoms with Gasteiger partial charge in [0.15, 0.2) is 5.58 Å². The lowest BCUT2D eigenvalue weighted by Crippen LogP contribution is -2.40. The maximum absolute atomic E-state index is 12.3. The Hall–Kier alpha value is -2.13. The molecule has 9 heteroatoms. The highest BCUT2D eigenvalue weighted by molar-refractivity contribution is 7.89. The van der Waals surface area contributed by atoms with E-state index < -0.39 is 15.8 Å².